The third-order valence-electron chi connectivity index (χ3n) is 2.89. The molecule has 6 nitrogen and oxygen atoms in total. The number of rotatable bonds is 7. The number of aromatic nitrogens is 4. The number of carbonyl (C=O) groups excluding carboxylic acids is 1. The van der Waals surface area contributed by atoms with Crippen LogP contribution in [-0.2, 0) is 9.53 Å². The van der Waals surface area contributed by atoms with Gasteiger partial charge in [0.1, 0.15) is 5.25 Å². The summed E-state index contributed by atoms with van der Waals surface area (Å²) in [4.78, 5) is 11.7. The number of hydrogen-bond acceptors (Lipinski definition) is 6. The fraction of sp³-hybridized carbons (Fsp3) is 0.818. The van der Waals surface area contributed by atoms with Crippen LogP contribution in [0.3, 0.4) is 0 Å². The van der Waals surface area contributed by atoms with Crippen LogP contribution in [0.15, 0.2) is 5.16 Å². The second kappa shape index (κ2) is 6.17. The maximum Gasteiger partial charge on any atom is 0.319 e. The van der Waals surface area contributed by atoms with Crippen molar-refractivity contribution in [1.82, 2.24) is 20.2 Å². The summed E-state index contributed by atoms with van der Waals surface area (Å²) in [7, 11) is 1.42. The van der Waals surface area contributed by atoms with Gasteiger partial charge in [-0.1, -0.05) is 31.5 Å². The van der Waals surface area contributed by atoms with Crippen LogP contribution in [0.4, 0.5) is 0 Å². The number of ether oxygens (including phenoxy) is 1. The molecule has 18 heavy (non-hydrogen) atoms. The van der Waals surface area contributed by atoms with E-state index in [0.29, 0.717) is 6.04 Å². The summed E-state index contributed by atoms with van der Waals surface area (Å²) in [5.74, 6) is -0.196. The van der Waals surface area contributed by atoms with Gasteiger partial charge in [-0.3, -0.25) is 4.79 Å². The number of nitrogens with zero attached hydrogens (tertiary/aromatic N) is 4. The predicted molar refractivity (Wildman–Crippen MR) is 67.3 cm³/mol. The first kappa shape index (κ1) is 13.3. The van der Waals surface area contributed by atoms with Crippen molar-refractivity contribution in [1.29, 1.82) is 0 Å². The quantitative estimate of drug-likeness (QED) is 0.556. The average molecular weight is 270 g/mol. The fourth-order valence-corrected chi connectivity index (χ4v) is 2.79. The molecule has 1 aliphatic rings. The van der Waals surface area contributed by atoms with E-state index in [1.807, 2.05) is 4.68 Å². The predicted octanol–water partition coefficient (Wildman–Crippen LogP) is 1.83. The van der Waals surface area contributed by atoms with E-state index < -0.39 is 0 Å². The van der Waals surface area contributed by atoms with Gasteiger partial charge in [0.05, 0.1) is 13.2 Å². The molecule has 1 aliphatic carbocycles. The molecule has 7 heteroatoms. The summed E-state index contributed by atoms with van der Waals surface area (Å²) in [5.41, 5.74) is 0. The normalized spacial score (nSPS) is 16.6. The molecule has 2 rings (SSSR count). The molecule has 1 saturated carbocycles. The first-order valence-electron chi connectivity index (χ1n) is 6.28. The van der Waals surface area contributed by atoms with E-state index >= 15 is 0 Å². The minimum absolute atomic E-state index is 0.196. The Hall–Kier alpha value is -1.11. The van der Waals surface area contributed by atoms with E-state index in [4.69, 9.17) is 4.74 Å². The Bertz CT molecular complexity index is 406. The zero-order chi connectivity index (χ0) is 13.0. The number of tetrazole rings is 1. The zero-order valence-electron chi connectivity index (χ0n) is 10.7. The molecule has 0 bridgehead atoms. The van der Waals surface area contributed by atoms with Gasteiger partial charge in [-0.2, -0.15) is 0 Å². The second-order valence-electron chi connectivity index (χ2n) is 4.41. The van der Waals surface area contributed by atoms with E-state index in [-0.39, 0.29) is 11.2 Å². The Morgan fingerprint density at radius 2 is 2.39 bits per heavy atom. The van der Waals surface area contributed by atoms with Gasteiger partial charge < -0.3 is 4.74 Å². The van der Waals surface area contributed by atoms with Crippen molar-refractivity contribution in [2.24, 2.45) is 0 Å². The van der Waals surface area contributed by atoms with Crippen molar-refractivity contribution in [2.45, 2.75) is 55.5 Å². The summed E-state index contributed by atoms with van der Waals surface area (Å²) in [6, 6.07) is 0.423. The van der Waals surface area contributed by atoms with Gasteiger partial charge in [-0.05, 0) is 29.7 Å². The van der Waals surface area contributed by atoms with Gasteiger partial charge in [-0.25, -0.2) is 4.68 Å². The molecular formula is C11H18N4O2S. The van der Waals surface area contributed by atoms with Gasteiger partial charge in [0.2, 0.25) is 5.16 Å². The molecule has 1 aromatic heterocycles. The number of methoxy groups -OCH3 is 1. The first-order valence-corrected chi connectivity index (χ1v) is 7.16. The Morgan fingerprint density at radius 1 is 1.61 bits per heavy atom. The number of carbonyl (C=O) groups is 1. The highest BCUT2D eigenvalue weighted by Gasteiger charge is 2.30. The maximum absolute atomic E-state index is 11.7. The molecule has 1 heterocycles. The van der Waals surface area contributed by atoms with Gasteiger partial charge in [0.15, 0.2) is 0 Å². The number of hydrogen-bond donors (Lipinski definition) is 0. The smallest absolute Gasteiger partial charge is 0.319 e. The lowest BCUT2D eigenvalue weighted by Crippen LogP contribution is -2.19. The van der Waals surface area contributed by atoms with Crippen LogP contribution in [0.2, 0.25) is 0 Å². The van der Waals surface area contributed by atoms with E-state index in [1.165, 1.54) is 18.9 Å². The van der Waals surface area contributed by atoms with Gasteiger partial charge in [0, 0.05) is 0 Å². The standard InChI is InChI=1S/C11H18N4O2S/c1-3-4-5-9(10(16)17-2)18-11-12-13-14-15(11)8-6-7-8/h8-9H,3-7H2,1-2H3. The molecule has 0 aromatic carbocycles. The van der Waals surface area contributed by atoms with E-state index in [9.17, 15) is 4.79 Å². The second-order valence-corrected chi connectivity index (χ2v) is 5.58. The third kappa shape index (κ3) is 3.22. The van der Waals surface area contributed by atoms with Gasteiger partial charge >= 0.3 is 5.97 Å². The molecule has 0 radical (unpaired) electrons. The molecule has 1 aromatic rings. The van der Waals surface area contributed by atoms with Crippen LogP contribution in [0.25, 0.3) is 0 Å². The number of unbranched alkanes of at least 4 members (excludes halogenated alkanes) is 1. The minimum Gasteiger partial charge on any atom is -0.468 e. The zero-order valence-corrected chi connectivity index (χ0v) is 11.5. The van der Waals surface area contributed by atoms with Gasteiger partial charge in [0.25, 0.3) is 0 Å². The molecule has 0 spiro atoms. The first-order chi connectivity index (χ1) is 8.76. The van der Waals surface area contributed by atoms with Crippen molar-refractivity contribution in [3.63, 3.8) is 0 Å². The molecule has 0 saturated heterocycles. The van der Waals surface area contributed by atoms with Crippen molar-refractivity contribution in [3.8, 4) is 0 Å². The lowest BCUT2D eigenvalue weighted by atomic mass is 10.2. The number of esters is 1. The maximum atomic E-state index is 11.7. The molecule has 0 N–H and O–H groups in total. The van der Waals surface area contributed by atoms with E-state index in [0.717, 1.165) is 37.3 Å². The van der Waals surface area contributed by atoms with Crippen molar-refractivity contribution in [3.05, 3.63) is 0 Å². The SMILES string of the molecule is CCCCC(Sc1nnnn1C1CC1)C(=O)OC. The Morgan fingerprint density at radius 3 is 3.00 bits per heavy atom. The Kier molecular flexibility index (Phi) is 4.57. The van der Waals surface area contributed by atoms with Crippen molar-refractivity contribution >= 4 is 17.7 Å². The molecule has 0 amide bonds. The monoisotopic (exact) mass is 270 g/mol. The lowest BCUT2D eigenvalue weighted by Gasteiger charge is -2.12. The molecule has 1 atom stereocenters. The third-order valence-corrected chi connectivity index (χ3v) is 4.08. The van der Waals surface area contributed by atoms with Gasteiger partial charge in [-0.15, -0.1) is 5.10 Å². The summed E-state index contributed by atoms with van der Waals surface area (Å²) >= 11 is 1.42. The largest absolute Gasteiger partial charge is 0.468 e. The number of thioether (sulfide) groups is 1. The summed E-state index contributed by atoms with van der Waals surface area (Å²) in [6.07, 6.45) is 5.09. The van der Waals surface area contributed by atoms with E-state index in [1.54, 1.807) is 0 Å². The van der Waals surface area contributed by atoms with E-state index in [2.05, 4.69) is 22.4 Å². The van der Waals surface area contributed by atoms with Crippen LogP contribution >= 0.6 is 11.8 Å². The Balaban J connectivity index is 2.02. The van der Waals surface area contributed by atoms with Crippen molar-refractivity contribution < 1.29 is 9.53 Å². The highest BCUT2D eigenvalue weighted by atomic mass is 32.2. The fourth-order valence-electron chi connectivity index (χ4n) is 1.68. The van der Waals surface area contributed by atoms with Crippen LogP contribution in [0.5, 0.6) is 0 Å². The average Bonchev–Trinajstić information content (AvgIpc) is 3.13. The summed E-state index contributed by atoms with van der Waals surface area (Å²) in [5, 5.41) is 12.2. The molecule has 1 fully saturated rings. The van der Waals surface area contributed by atoms with Crippen LogP contribution in [0.1, 0.15) is 45.1 Å². The summed E-state index contributed by atoms with van der Waals surface area (Å²) < 4.78 is 6.66. The molecule has 100 valence electrons. The van der Waals surface area contributed by atoms with Crippen LogP contribution < -0.4 is 0 Å². The van der Waals surface area contributed by atoms with Crippen molar-refractivity contribution in [2.75, 3.05) is 7.11 Å². The Labute approximate surface area is 110 Å². The highest BCUT2D eigenvalue weighted by Crippen LogP contribution is 2.37. The van der Waals surface area contributed by atoms with Crippen LogP contribution in [0, 0.1) is 0 Å². The summed E-state index contributed by atoms with van der Waals surface area (Å²) in [6.45, 7) is 2.10. The molecular weight excluding hydrogens is 252 g/mol. The topological polar surface area (TPSA) is 69.9 Å². The lowest BCUT2D eigenvalue weighted by molar-refractivity contribution is -0.140. The minimum atomic E-state index is -0.210. The molecule has 0 aliphatic heterocycles. The highest BCUT2D eigenvalue weighted by molar-refractivity contribution is 8.00. The van der Waals surface area contributed by atoms with Crippen LogP contribution in [-0.4, -0.2) is 38.5 Å². The molecule has 1 unspecified atom stereocenters.